The van der Waals surface area contributed by atoms with Gasteiger partial charge in [0.1, 0.15) is 6.10 Å². The van der Waals surface area contributed by atoms with E-state index in [0.29, 0.717) is 0 Å². The summed E-state index contributed by atoms with van der Waals surface area (Å²) in [6.45, 7) is 1.87. The number of carbonyl (C=O) groups excluding carboxylic acids is 1. The molecule has 13 heavy (non-hydrogen) atoms. The fourth-order valence-corrected chi connectivity index (χ4v) is 1.32. The molecule has 4 nitrogen and oxygen atoms in total. The van der Waals surface area contributed by atoms with E-state index in [-0.39, 0.29) is 30.6 Å². The Balaban J connectivity index is 0.000000845. The molecule has 1 saturated carbocycles. The molecule has 1 aliphatic carbocycles. The van der Waals surface area contributed by atoms with Gasteiger partial charge in [-0.25, -0.2) is 4.79 Å². The molecule has 0 aromatic rings. The first-order valence-corrected chi connectivity index (χ1v) is 4.52. The number of halogens is 1. The summed E-state index contributed by atoms with van der Waals surface area (Å²) in [6, 6.07) is 0.274. The van der Waals surface area contributed by atoms with Crippen molar-refractivity contribution >= 4 is 18.5 Å². The quantitative estimate of drug-likeness (QED) is 0.698. The van der Waals surface area contributed by atoms with Crippen LogP contribution in [0.2, 0.25) is 0 Å². The summed E-state index contributed by atoms with van der Waals surface area (Å²) in [7, 11) is 0. The molecule has 2 aliphatic rings. The zero-order chi connectivity index (χ0) is 8.39. The van der Waals surface area contributed by atoms with Crippen LogP contribution in [0.5, 0.6) is 0 Å². The highest BCUT2D eigenvalue weighted by Crippen LogP contribution is 2.23. The first-order valence-electron chi connectivity index (χ1n) is 4.52. The summed E-state index contributed by atoms with van der Waals surface area (Å²) in [5.41, 5.74) is 0. The monoisotopic (exact) mass is 206 g/mol. The van der Waals surface area contributed by atoms with E-state index in [2.05, 4.69) is 10.6 Å². The molecule has 5 heteroatoms. The Morgan fingerprint density at radius 2 is 2.15 bits per heavy atom. The summed E-state index contributed by atoms with van der Waals surface area (Å²) < 4.78 is 5.05. The molecule has 1 amide bonds. The Morgan fingerprint density at radius 3 is 2.69 bits per heavy atom. The predicted molar refractivity (Wildman–Crippen MR) is 51.2 cm³/mol. The minimum Gasteiger partial charge on any atom is -0.446 e. The van der Waals surface area contributed by atoms with Crippen molar-refractivity contribution in [2.75, 3.05) is 13.1 Å². The molecule has 0 radical (unpaired) electrons. The number of carbonyl (C=O) groups is 1. The molecule has 1 unspecified atom stereocenters. The van der Waals surface area contributed by atoms with Gasteiger partial charge in [0.05, 0.1) is 0 Å². The number of hydrogen-bond acceptors (Lipinski definition) is 3. The third kappa shape index (κ3) is 3.40. The maximum absolute atomic E-state index is 11.1. The van der Waals surface area contributed by atoms with Gasteiger partial charge in [0, 0.05) is 12.6 Å². The normalized spacial score (nSPS) is 26.3. The summed E-state index contributed by atoms with van der Waals surface area (Å²) in [6.07, 6.45) is 3.05. The van der Waals surface area contributed by atoms with Gasteiger partial charge in [-0.05, 0) is 25.8 Å². The largest absolute Gasteiger partial charge is 0.446 e. The first-order chi connectivity index (χ1) is 5.84. The van der Waals surface area contributed by atoms with Gasteiger partial charge in [-0.3, -0.25) is 0 Å². The van der Waals surface area contributed by atoms with E-state index in [1.807, 2.05) is 0 Å². The van der Waals surface area contributed by atoms with Crippen molar-refractivity contribution in [1.29, 1.82) is 0 Å². The number of nitrogens with one attached hydrogen (secondary N) is 2. The molecular formula is C8H15ClN2O2. The van der Waals surface area contributed by atoms with Crippen LogP contribution < -0.4 is 10.6 Å². The second kappa shape index (κ2) is 4.67. The molecule has 1 atom stereocenters. The van der Waals surface area contributed by atoms with Crippen LogP contribution in [0.4, 0.5) is 4.79 Å². The number of rotatable bonds is 2. The standard InChI is InChI=1S/C8H14N2O2.ClH/c11-8(12-7-1-2-7)10-6-3-4-9-5-6;/h6-7,9H,1-5H2,(H,10,11);1H. The van der Waals surface area contributed by atoms with Crippen LogP contribution in [-0.2, 0) is 4.74 Å². The van der Waals surface area contributed by atoms with Crippen molar-refractivity contribution < 1.29 is 9.53 Å². The average Bonchev–Trinajstić information content (AvgIpc) is 2.66. The molecule has 1 heterocycles. The smallest absolute Gasteiger partial charge is 0.407 e. The molecule has 0 bridgehead atoms. The number of hydrogen-bond donors (Lipinski definition) is 2. The van der Waals surface area contributed by atoms with Crippen molar-refractivity contribution in [3.8, 4) is 0 Å². The van der Waals surface area contributed by atoms with Gasteiger partial charge in [0.15, 0.2) is 0 Å². The van der Waals surface area contributed by atoms with Gasteiger partial charge in [0.2, 0.25) is 0 Å². The Bertz CT molecular complexity index is 179. The van der Waals surface area contributed by atoms with E-state index in [1.165, 1.54) is 0 Å². The van der Waals surface area contributed by atoms with Crippen LogP contribution >= 0.6 is 12.4 Å². The number of amides is 1. The zero-order valence-corrected chi connectivity index (χ0v) is 8.23. The minimum atomic E-state index is -0.244. The Hall–Kier alpha value is -0.480. The molecule has 0 aromatic heterocycles. The highest BCUT2D eigenvalue weighted by Gasteiger charge is 2.27. The van der Waals surface area contributed by atoms with Gasteiger partial charge in [-0.2, -0.15) is 0 Å². The minimum absolute atomic E-state index is 0. The number of ether oxygens (including phenoxy) is 1. The van der Waals surface area contributed by atoms with Crippen LogP contribution in [0.15, 0.2) is 0 Å². The lowest BCUT2D eigenvalue weighted by Gasteiger charge is -2.10. The fraction of sp³-hybridized carbons (Fsp3) is 0.875. The molecular weight excluding hydrogens is 192 g/mol. The highest BCUT2D eigenvalue weighted by molar-refractivity contribution is 5.85. The summed E-state index contributed by atoms with van der Waals surface area (Å²) in [4.78, 5) is 11.1. The number of alkyl carbamates (subject to hydrolysis) is 1. The lowest BCUT2D eigenvalue weighted by Crippen LogP contribution is -2.36. The van der Waals surface area contributed by atoms with Crippen LogP contribution in [0.3, 0.4) is 0 Å². The van der Waals surface area contributed by atoms with E-state index >= 15 is 0 Å². The predicted octanol–water partition coefficient (Wildman–Crippen LogP) is 0.659. The van der Waals surface area contributed by atoms with Gasteiger partial charge in [-0.1, -0.05) is 0 Å². The maximum atomic E-state index is 11.1. The van der Waals surface area contributed by atoms with Crippen molar-refractivity contribution in [1.82, 2.24) is 10.6 Å². The Labute approximate surface area is 83.8 Å². The van der Waals surface area contributed by atoms with E-state index in [9.17, 15) is 4.79 Å². The SMILES string of the molecule is Cl.O=C(NC1CCNC1)OC1CC1. The van der Waals surface area contributed by atoms with Gasteiger partial charge >= 0.3 is 6.09 Å². The van der Waals surface area contributed by atoms with Crippen molar-refractivity contribution in [2.24, 2.45) is 0 Å². The first kappa shape index (κ1) is 10.6. The molecule has 1 aliphatic heterocycles. The van der Waals surface area contributed by atoms with Gasteiger partial charge in [-0.15, -0.1) is 12.4 Å². The molecule has 0 spiro atoms. The van der Waals surface area contributed by atoms with Crippen LogP contribution in [0.25, 0.3) is 0 Å². The summed E-state index contributed by atoms with van der Waals surface area (Å²) in [5, 5.41) is 6.00. The third-order valence-electron chi connectivity index (χ3n) is 2.18. The van der Waals surface area contributed by atoms with Crippen molar-refractivity contribution in [3.63, 3.8) is 0 Å². The zero-order valence-electron chi connectivity index (χ0n) is 7.41. The van der Waals surface area contributed by atoms with E-state index in [0.717, 1.165) is 32.4 Å². The van der Waals surface area contributed by atoms with Crippen LogP contribution in [-0.4, -0.2) is 31.3 Å². The lowest BCUT2D eigenvalue weighted by atomic mass is 10.3. The molecule has 2 rings (SSSR count). The van der Waals surface area contributed by atoms with Gasteiger partial charge < -0.3 is 15.4 Å². The Morgan fingerprint density at radius 1 is 1.38 bits per heavy atom. The third-order valence-corrected chi connectivity index (χ3v) is 2.18. The highest BCUT2D eigenvalue weighted by atomic mass is 35.5. The summed E-state index contributed by atoms with van der Waals surface area (Å²) >= 11 is 0. The van der Waals surface area contributed by atoms with Crippen LogP contribution in [0.1, 0.15) is 19.3 Å². The Kier molecular flexibility index (Phi) is 3.81. The van der Waals surface area contributed by atoms with E-state index < -0.39 is 0 Å². The van der Waals surface area contributed by atoms with Gasteiger partial charge in [0.25, 0.3) is 0 Å². The van der Waals surface area contributed by atoms with Crippen molar-refractivity contribution in [3.05, 3.63) is 0 Å². The molecule has 0 aromatic carbocycles. The molecule has 2 fully saturated rings. The maximum Gasteiger partial charge on any atom is 0.407 e. The second-order valence-electron chi connectivity index (χ2n) is 3.44. The molecule has 2 N–H and O–H groups in total. The molecule has 1 saturated heterocycles. The summed E-state index contributed by atoms with van der Waals surface area (Å²) in [5.74, 6) is 0. The van der Waals surface area contributed by atoms with E-state index in [4.69, 9.17) is 4.74 Å². The molecule has 76 valence electrons. The van der Waals surface area contributed by atoms with Crippen molar-refractivity contribution in [2.45, 2.75) is 31.4 Å². The topological polar surface area (TPSA) is 50.4 Å². The van der Waals surface area contributed by atoms with Crippen LogP contribution in [0, 0.1) is 0 Å². The lowest BCUT2D eigenvalue weighted by molar-refractivity contribution is 0.136. The average molecular weight is 207 g/mol. The fourth-order valence-electron chi connectivity index (χ4n) is 1.32. The van der Waals surface area contributed by atoms with E-state index in [1.54, 1.807) is 0 Å². The second-order valence-corrected chi connectivity index (χ2v) is 3.44.